The molecule has 1 amide bonds. The molecule has 0 spiro atoms. The number of carbonyl (C=O) groups is 1. The molecular formula is C22H23Cl2IN4O. The minimum absolute atomic E-state index is 0.110. The van der Waals surface area contributed by atoms with Gasteiger partial charge in [0, 0.05) is 27.6 Å². The molecule has 0 unspecified atom stereocenters. The zero-order valence-corrected chi connectivity index (χ0v) is 20.3. The first kappa shape index (κ1) is 21.9. The van der Waals surface area contributed by atoms with Gasteiger partial charge >= 0.3 is 0 Å². The summed E-state index contributed by atoms with van der Waals surface area (Å²) < 4.78 is 1.15. The molecule has 1 saturated heterocycles. The van der Waals surface area contributed by atoms with E-state index >= 15 is 0 Å². The molecule has 1 fully saturated rings. The molecule has 2 aromatic carbocycles. The summed E-state index contributed by atoms with van der Waals surface area (Å²) in [6.07, 6.45) is 3.40. The van der Waals surface area contributed by atoms with Crippen LogP contribution in [0.15, 0.2) is 47.6 Å². The average molecular weight is 557 g/mol. The van der Waals surface area contributed by atoms with E-state index in [1.54, 1.807) is 12.1 Å². The van der Waals surface area contributed by atoms with Gasteiger partial charge in [0.15, 0.2) is 0 Å². The van der Waals surface area contributed by atoms with E-state index in [-0.39, 0.29) is 17.9 Å². The van der Waals surface area contributed by atoms with Crippen molar-refractivity contribution in [2.45, 2.75) is 32.2 Å². The van der Waals surface area contributed by atoms with Crippen LogP contribution in [-0.4, -0.2) is 29.7 Å². The first-order chi connectivity index (χ1) is 14.4. The van der Waals surface area contributed by atoms with Gasteiger partial charge in [-0.25, -0.2) is 5.01 Å². The van der Waals surface area contributed by atoms with E-state index in [4.69, 9.17) is 28.3 Å². The number of anilines is 1. The molecule has 0 aliphatic carbocycles. The van der Waals surface area contributed by atoms with E-state index in [1.165, 1.54) is 6.42 Å². The Morgan fingerprint density at radius 3 is 2.47 bits per heavy atom. The molecule has 8 heteroatoms. The number of hydrazone groups is 1. The first-order valence-corrected chi connectivity index (χ1v) is 11.9. The van der Waals surface area contributed by atoms with Crippen LogP contribution >= 0.6 is 45.8 Å². The monoisotopic (exact) mass is 556 g/mol. The maximum absolute atomic E-state index is 13.1. The minimum atomic E-state index is -0.146. The van der Waals surface area contributed by atoms with Crippen molar-refractivity contribution in [1.82, 2.24) is 10.4 Å². The third-order valence-corrected chi connectivity index (χ3v) is 6.86. The predicted molar refractivity (Wildman–Crippen MR) is 131 cm³/mol. The fourth-order valence-corrected chi connectivity index (χ4v) is 4.90. The smallest absolute Gasteiger partial charge is 0.282 e. The maximum atomic E-state index is 13.1. The van der Waals surface area contributed by atoms with Crippen molar-refractivity contribution in [3.05, 3.63) is 61.6 Å². The second-order valence-corrected chi connectivity index (χ2v) is 9.79. The van der Waals surface area contributed by atoms with Crippen molar-refractivity contribution in [3.63, 3.8) is 0 Å². The van der Waals surface area contributed by atoms with E-state index in [1.807, 2.05) is 23.0 Å². The standard InChI is InChI=1S/C22H23Cl2IN4O/c1-14-20(22(30)27-28-11-3-2-4-12-28)26-29(19-10-7-16(23)13-18(19)24)21(14)15-5-8-17(25)9-6-15/h5-10,13-14,21H,2-4,11-12H2,1H3,(H,27,30)/t14-,21-/m0/s1. The van der Waals surface area contributed by atoms with E-state index in [2.05, 4.69) is 52.3 Å². The molecule has 0 bridgehead atoms. The molecule has 4 rings (SSSR count). The van der Waals surface area contributed by atoms with Crippen LogP contribution in [0, 0.1) is 9.49 Å². The highest BCUT2D eigenvalue weighted by Gasteiger charge is 2.40. The Bertz CT molecular complexity index is 960. The fourth-order valence-electron chi connectivity index (χ4n) is 4.05. The molecule has 0 radical (unpaired) electrons. The average Bonchev–Trinajstić information content (AvgIpc) is 3.06. The molecule has 2 aliphatic rings. The van der Waals surface area contributed by atoms with E-state index in [9.17, 15) is 4.79 Å². The molecule has 0 saturated carbocycles. The number of piperidine rings is 1. The number of benzene rings is 2. The van der Waals surface area contributed by atoms with Gasteiger partial charge in [-0.2, -0.15) is 5.10 Å². The largest absolute Gasteiger partial charge is 0.284 e. The predicted octanol–water partition coefficient (Wildman–Crippen LogP) is 5.67. The number of halogens is 3. The molecule has 2 aromatic rings. The molecule has 2 atom stereocenters. The van der Waals surface area contributed by atoms with Gasteiger partial charge in [-0.1, -0.05) is 48.7 Å². The summed E-state index contributed by atoms with van der Waals surface area (Å²) in [6, 6.07) is 13.5. The summed E-state index contributed by atoms with van der Waals surface area (Å²) in [7, 11) is 0. The maximum Gasteiger partial charge on any atom is 0.282 e. The number of nitrogens with one attached hydrogen (secondary N) is 1. The van der Waals surface area contributed by atoms with Gasteiger partial charge in [-0.3, -0.25) is 15.2 Å². The van der Waals surface area contributed by atoms with Crippen molar-refractivity contribution in [2.75, 3.05) is 18.1 Å². The fraction of sp³-hybridized carbons (Fsp3) is 0.364. The van der Waals surface area contributed by atoms with Gasteiger partial charge in [0.05, 0.1) is 16.8 Å². The van der Waals surface area contributed by atoms with Crippen molar-refractivity contribution in [1.29, 1.82) is 0 Å². The topological polar surface area (TPSA) is 47.9 Å². The number of rotatable bonds is 4. The van der Waals surface area contributed by atoms with Gasteiger partial charge in [-0.15, -0.1) is 0 Å². The number of nitrogens with zero attached hydrogens (tertiary/aromatic N) is 3. The molecule has 0 aromatic heterocycles. The Balaban J connectivity index is 1.68. The van der Waals surface area contributed by atoms with Crippen LogP contribution in [0.3, 0.4) is 0 Å². The second-order valence-electron chi connectivity index (χ2n) is 7.70. The van der Waals surface area contributed by atoms with Crippen LogP contribution in [-0.2, 0) is 4.79 Å². The zero-order chi connectivity index (χ0) is 21.3. The van der Waals surface area contributed by atoms with Gasteiger partial charge in [0.25, 0.3) is 5.91 Å². The molecule has 5 nitrogen and oxygen atoms in total. The molecule has 158 valence electrons. The Kier molecular flexibility index (Phi) is 6.87. The Hall–Kier alpha value is -1.35. The first-order valence-electron chi connectivity index (χ1n) is 10.1. The van der Waals surface area contributed by atoms with Gasteiger partial charge in [0.1, 0.15) is 5.71 Å². The van der Waals surface area contributed by atoms with E-state index in [0.717, 1.165) is 40.8 Å². The Morgan fingerprint density at radius 1 is 1.10 bits per heavy atom. The third-order valence-electron chi connectivity index (χ3n) is 5.60. The van der Waals surface area contributed by atoms with Crippen molar-refractivity contribution >= 4 is 63.1 Å². The van der Waals surface area contributed by atoms with Crippen LogP contribution in [0.5, 0.6) is 0 Å². The summed E-state index contributed by atoms with van der Waals surface area (Å²) >= 11 is 14.9. The Morgan fingerprint density at radius 2 is 1.80 bits per heavy atom. The lowest BCUT2D eigenvalue weighted by Gasteiger charge is -2.28. The van der Waals surface area contributed by atoms with Crippen LogP contribution in [0.4, 0.5) is 5.69 Å². The highest BCUT2D eigenvalue weighted by atomic mass is 127. The second kappa shape index (κ2) is 9.42. The number of amides is 1. The van der Waals surface area contributed by atoms with Gasteiger partial charge in [-0.05, 0) is 71.3 Å². The SMILES string of the molecule is C[C@H]1C(C(=O)NN2CCCCC2)=NN(c2ccc(Cl)cc2Cl)[C@@H]1c1ccc(I)cc1. The van der Waals surface area contributed by atoms with Crippen molar-refractivity contribution in [2.24, 2.45) is 11.0 Å². The molecule has 2 heterocycles. The number of hydrazine groups is 1. The molecule has 30 heavy (non-hydrogen) atoms. The third kappa shape index (κ3) is 4.61. The normalized spacial score (nSPS) is 22.1. The summed E-state index contributed by atoms with van der Waals surface area (Å²) in [5.74, 6) is -0.255. The van der Waals surface area contributed by atoms with Crippen molar-refractivity contribution in [3.8, 4) is 0 Å². The molecule has 1 N–H and O–H groups in total. The zero-order valence-electron chi connectivity index (χ0n) is 16.6. The summed E-state index contributed by atoms with van der Waals surface area (Å²) in [5.41, 5.74) is 5.37. The summed E-state index contributed by atoms with van der Waals surface area (Å²) in [5, 5.41) is 9.68. The van der Waals surface area contributed by atoms with Crippen LogP contribution < -0.4 is 10.4 Å². The highest BCUT2D eigenvalue weighted by molar-refractivity contribution is 14.1. The number of carbonyl (C=O) groups excluding carboxylic acids is 1. The number of hydrogen-bond donors (Lipinski definition) is 1. The minimum Gasteiger partial charge on any atom is -0.284 e. The molecule has 2 aliphatic heterocycles. The lowest BCUT2D eigenvalue weighted by Crippen LogP contribution is -2.48. The van der Waals surface area contributed by atoms with E-state index < -0.39 is 0 Å². The van der Waals surface area contributed by atoms with Crippen LogP contribution in [0.25, 0.3) is 0 Å². The lowest BCUT2D eigenvalue weighted by atomic mass is 9.91. The van der Waals surface area contributed by atoms with Gasteiger partial charge in [0.2, 0.25) is 0 Å². The lowest BCUT2D eigenvalue weighted by molar-refractivity contribution is -0.120. The van der Waals surface area contributed by atoms with E-state index in [0.29, 0.717) is 15.8 Å². The van der Waals surface area contributed by atoms with Crippen LogP contribution in [0.1, 0.15) is 37.8 Å². The van der Waals surface area contributed by atoms with Crippen molar-refractivity contribution < 1.29 is 4.79 Å². The summed E-state index contributed by atoms with van der Waals surface area (Å²) in [4.78, 5) is 13.1. The quantitative estimate of drug-likeness (QED) is 0.494. The number of hydrogen-bond acceptors (Lipinski definition) is 4. The summed E-state index contributed by atoms with van der Waals surface area (Å²) in [6.45, 7) is 3.79. The van der Waals surface area contributed by atoms with Gasteiger partial charge < -0.3 is 0 Å². The Labute approximate surface area is 200 Å². The molecular weight excluding hydrogens is 534 g/mol. The highest BCUT2D eigenvalue weighted by Crippen LogP contribution is 2.42. The van der Waals surface area contributed by atoms with Crippen LogP contribution in [0.2, 0.25) is 10.0 Å².